The van der Waals surface area contributed by atoms with Gasteiger partial charge in [-0.2, -0.15) is 11.3 Å². The first kappa shape index (κ1) is 15.3. The number of rotatable bonds is 3. The molecule has 1 atom stereocenters. The summed E-state index contributed by atoms with van der Waals surface area (Å²) in [6, 6.07) is 2.37. The van der Waals surface area contributed by atoms with Crippen molar-refractivity contribution in [3.05, 3.63) is 22.4 Å². The minimum Gasteiger partial charge on any atom is -0.444 e. The molecule has 5 heteroatoms. The summed E-state index contributed by atoms with van der Waals surface area (Å²) in [5.74, 6) is 0. The second kappa shape index (κ2) is 6.59. The zero-order valence-electron chi connectivity index (χ0n) is 12.5. The zero-order valence-corrected chi connectivity index (χ0v) is 13.3. The van der Waals surface area contributed by atoms with Gasteiger partial charge in [-0.05, 0) is 56.0 Å². The van der Waals surface area contributed by atoms with E-state index in [9.17, 15) is 4.79 Å². The van der Waals surface area contributed by atoms with Gasteiger partial charge in [0.05, 0.1) is 0 Å². The van der Waals surface area contributed by atoms with Crippen LogP contribution < -0.4 is 5.32 Å². The predicted molar refractivity (Wildman–Crippen MR) is 82.2 cm³/mol. The number of carbonyl (C=O) groups excluding carboxylic acids is 1. The summed E-state index contributed by atoms with van der Waals surface area (Å²) in [6.07, 6.45) is 1.80. The van der Waals surface area contributed by atoms with E-state index < -0.39 is 5.60 Å². The Hall–Kier alpha value is -1.07. The van der Waals surface area contributed by atoms with E-state index in [4.69, 9.17) is 4.74 Å². The standard InChI is InChI=1S/C15H24N2O2S/c1-15(2,3)19-14(18)17-8-7-16-10-13(17)5-4-12-6-9-20-11-12/h6,9,11,13,16H,4-5,7-8,10H2,1-3H3. The van der Waals surface area contributed by atoms with Crippen molar-refractivity contribution < 1.29 is 9.53 Å². The SMILES string of the molecule is CC(C)(C)OC(=O)N1CCNCC1CCc1ccsc1. The second-order valence-electron chi connectivity index (χ2n) is 6.20. The number of nitrogens with one attached hydrogen (secondary N) is 1. The maximum Gasteiger partial charge on any atom is 0.410 e. The Morgan fingerprint density at radius 1 is 1.55 bits per heavy atom. The Balaban J connectivity index is 1.92. The van der Waals surface area contributed by atoms with Crippen molar-refractivity contribution in [2.75, 3.05) is 19.6 Å². The number of aryl methyl sites for hydroxylation is 1. The van der Waals surface area contributed by atoms with Crippen LogP contribution >= 0.6 is 11.3 Å². The van der Waals surface area contributed by atoms with Crippen molar-refractivity contribution in [2.24, 2.45) is 0 Å². The van der Waals surface area contributed by atoms with Crippen LogP contribution in [0.5, 0.6) is 0 Å². The van der Waals surface area contributed by atoms with Crippen molar-refractivity contribution in [3.8, 4) is 0 Å². The topological polar surface area (TPSA) is 41.6 Å². The highest BCUT2D eigenvalue weighted by atomic mass is 32.1. The Kier molecular flexibility index (Phi) is 5.05. The number of thiophene rings is 1. The van der Waals surface area contributed by atoms with Gasteiger partial charge in [0.15, 0.2) is 0 Å². The van der Waals surface area contributed by atoms with Crippen LogP contribution in [0.15, 0.2) is 16.8 Å². The van der Waals surface area contributed by atoms with Crippen LogP contribution in [-0.2, 0) is 11.2 Å². The summed E-state index contributed by atoms with van der Waals surface area (Å²) in [5.41, 5.74) is 0.921. The van der Waals surface area contributed by atoms with Crippen molar-refractivity contribution >= 4 is 17.4 Å². The third-order valence-corrected chi connectivity index (χ3v) is 4.06. The second-order valence-corrected chi connectivity index (χ2v) is 6.98. The third-order valence-electron chi connectivity index (χ3n) is 3.32. The number of hydrogen-bond donors (Lipinski definition) is 1. The lowest BCUT2D eigenvalue weighted by Gasteiger charge is -2.37. The molecule has 112 valence electrons. The van der Waals surface area contributed by atoms with Crippen molar-refractivity contribution in [1.82, 2.24) is 10.2 Å². The van der Waals surface area contributed by atoms with Gasteiger partial charge in [0.25, 0.3) is 0 Å². The first-order valence-corrected chi connectivity index (χ1v) is 8.11. The van der Waals surface area contributed by atoms with Crippen LogP contribution in [0.1, 0.15) is 32.8 Å². The lowest BCUT2D eigenvalue weighted by atomic mass is 10.0. The van der Waals surface area contributed by atoms with Crippen LogP contribution in [0.25, 0.3) is 0 Å². The smallest absolute Gasteiger partial charge is 0.410 e. The lowest BCUT2D eigenvalue weighted by Crippen LogP contribution is -2.54. The highest BCUT2D eigenvalue weighted by Gasteiger charge is 2.29. The summed E-state index contributed by atoms with van der Waals surface area (Å²) in [7, 11) is 0. The van der Waals surface area contributed by atoms with Crippen LogP contribution in [0.2, 0.25) is 0 Å². The van der Waals surface area contributed by atoms with Gasteiger partial charge in [-0.25, -0.2) is 4.79 Å². The van der Waals surface area contributed by atoms with E-state index in [1.54, 1.807) is 11.3 Å². The zero-order chi connectivity index (χ0) is 14.6. The van der Waals surface area contributed by atoms with E-state index in [0.29, 0.717) is 0 Å². The van der Waals surface area contributed by atoms with Crippen LogP contribution in [0.3, 0.4) is 0 Å². The minimum atomic E-state index is -0.431. The molecule has 2 rings (SSSR count). The molecule has 0 saturated carbocycles. The molecule has 1 fully saturated rings. The van der Waals surface area contributed by atoms with Gasteiger partial charge in [-0.3, -0.25) is 0 Å². The largest absolute Gasteiger partial charge is 0.444 e. The van der Waals surface area contributed by atoms with Gasteiger partial charge in [0, 0.05) is 25.7 Å². The Morgan fingerprint density at radius 3 is 3.00 bits per heavy atom. The predicted octanol–water partition coefficient (Wildman–Crippen LogP) is 2.89. The van der Waals surface area contributed by atoms with E-state index in [1.165, 1.54) is 5.56 Å². The molecule has 0 bridgehead atoms. The molecule has 1 aromatic rings. The highest BCUT2D eigenvalue weighted by molar-refractivity contribution is 7.07. The molecule has 0 aliphatic carbocycles. The molecule has 1 N–H and O–H groups in total. The van der Waals surface area contributed by atoms with Gasteiger partial charge in [0.1, 0.15) is 5.60 Å². The van der Waals surface area contributed by atoms with Crippen molar-refractivity contribution in [3.63, 3.8) is 0 Å². The fourth-order valence-electron chi connectivity index (χ4n) is 2.35. The van der Waals surface area contributed by atoms with E-state index in [-0.39, 0.29) is 12.1 Å². The van der Waals surface area contributed by atoms with Crippen LogP contribution in [-0.4, -0.2) is 42.3 Å². The van der Waals surface area contributed by atoms with Crippen LogP contribution in [0.4, 0.5) is 4.79 Å². The van der Waals surface area contributed by atoms with Crippen molar-refractivity contribution in [1.29, 1.82) is 0 Å². The Labute approximate surface area is 125 Å². The molecular formula is C15H24N2O2S. The fourth-order valence-corrected chi connectivity index (χ4v) is 3.05. The summed E-state index contributed by atoms with van der Waals surface area (Å²) >= 11 is 1.72. The van der Waals surface area contributed by atoms with Crippen LogP contribution in [0, 0.1) is 0 Å². The summed E-state index contributed by atoms with van der Waals surface area (Å²) in [4.78, 5) is 14.1. The van der Waals surface area contributed by atoms with E-state index in [2.05, 4.69) is 22.1 Å². The van der Waals surface area contributed by atoms with Gasteiger partial charge in [-0.1, -0.05) is 0 Å². The normalized spacial score (nSPS) is 19.9. The highest BCUT2D eigenvalue weighted by Crippen LogP contribution is 2.17. The van der Waals surface area contributed by atoms with E-state index >= 15 is 0 Å². The van der Waals surface area contributed by atoms with E-state index in [0.717, 1.165) is 32.5 Å². The molecule has 1 amide bonds. The molecule has 0 radical (unpaired) electrons. The summed E-state index contributed by atoms with van der Waals surface area (Å²) in [5, 5.41) is 7.64. The van der Waals surface area contributed by atoms with Crippen molar-refractivity contribution in [2.45, 2.75) is 45.3 Å². The average molecular weight is 296 g/mol. The molecule has 2 heterocycles. The molecule has 1 aliphatic rings. The monoisotopic (exact) mass is 296 g/mol. The molecule has 1 aliphatic heterocycles. The summed E-state index contributed by atoms with van der Waals surface area (Å²) < 4.78 is 5.51. The number of piperazine rings is 1. The van der Waals surface area contributed by atoms with Gasteiger partial charge in [0.2, 0.25) is 0 Å². The van der Waals surface area contributed by atoms with Gasteiger partial charge < -0.3 is 15.0 Å². The van der Waals surface area contributed by atoms with Gasteiger partial charge >= 0.3 is 6.09 Å². The fraction of sp³-hybridized carbons (Fsp3) is 0.667. The van der Waals surface area contributed by atoms with E-state index in [1.807, 2.05) is 25.7 Å². The first-order chi connectivity index (χ1) is 9.46. The third kappa shape index (κ3) is 4.49. The molecule has 1 saturated heterocycles. The number of amides is 1. The quantitative estimate of drug-likeness (QED) is 0.932. The number of carbonyl (C=O) groups is 1. The first-order valence-electron chi connectivity index (χ1n) is 7.17. The molecule has 0 spiro atoms. The maximum atomic E-state index is 12.3. The average Bonchev–Trinajstić information content (AvgIpc) is 2.87. The molecule has 1 unspecified atom stereocenters. The van der Waals surface area contributed by atoms with Gasteiger partial charge in [-0.15, -0.1) is 0 Å². The molecule has 20 heavy (non-hydrogen) atoms. The Bertz CT molecular complexity index is 426. The molecule has 0 aromatic carbocycles. The molecule has 1 aromatic heterocycles. The Morgan fingerprint density at radius 2 is 2.35 bits per heavy atom. The lowest BCUT2D eigenvalue weighted by molar-refractivity contribution is 0.0112. The minimum absolute atomic E-state index is 0.186. The number of nitrogens with zero attached hydrogens (tertiary/aromatic N) is 1. The number of hydrogen-bond acceptors (Lipinski definition) is 4. The summed E-state index contributed by atoms with van der Waals surface area (Å²) in [6.45, 7) is 8.15. The molecule has 4 nitrogen and oxygen atoms in total. The molecular weight excluding hydrogens is 272 g/mol. The maximum absolute atomic E-state index is 12.3. The number of ether oxygens (including phenoxy) is 1.